The van der Waals surface area contributed by atoms with Gasteiger partial charge in [0, 0.05) is 6.42 Å². The summed E-state index contributed by atoms with van der Waals surface area (Å²) in [7, 11) is 1.29. The number of esters is 1. The number of amides is 1. The van der Waals surface area contributed by atoms with Gasteiger partial charge in [0.15, 0.2) is 0 Å². The number of unbranched alkanes of at least 4 members (excludes halogenated alkanes) is 6. The molecular formula is C18H27NO4S. The van der Waals surface area contributed by atoms with Crippen LogP contribution in [0.4, 0.5) is 5.00 Å². The smallest absolute Gasteiger partial charge is 0.340 e. The lowest BCUT2D eigenvalue weighted by Crippen LogP contribution is -2.17. The van der Waals surface area contributed by atoms with E-state index in [4.69, 9.17) is 0 Å². The zero-order chi connectivity index (χ0) is 17.8. The highest BCUT2D eigenvalue weighted by Gasteiger charge is 2.16. The van der Waals surface area contributed by atoms with Crippen LogP contribution < -0.4 is 5.32 Å². The maximum Gasteiger partial charge on any atom is 0.340 e. The molecule has 0 fully saturated rings. The van der Waals surface area contributed by atoms with Gasteiger partial charge in [-0.3, -0.25) is 9.59 Å². The Labute approximate surface area is 147 Å². The van der Waals surface area contributed by atoms with Crippen molar-refractivity contribution in [2.45, 2.75) is 64.7 Å². The first-order chi connectivity index (χ1) is 11.6. The molecule has 0 saturated carbocycles. The van der Waals surface area contributed by atoms with Gasteiger partial charge in [0.25, 0.3) is 0 Å². The third kappa shape index (κ3) is 7.73. The minimum atomic E-state index is -0.499. The second-order valence-corrected chi connectivity index (χ2v) is 6.71. The van der Waals surface area contributed by atoms with E-state index in [1.807, 2.05) is 0 Å². The summed E-state index contributed by atoms with van der Waals surface area (Å²) in [6.07, 6.45) is 8.30. The summed E-state index contributed by atoms with van der Waals surface area (Å²) in [4.78, 5) is 35.3. The van der Waals surface area contributed by atoms with Crippen molar-refractivity contribution in [3.8, 4) is 0 Å². The molecule has 0 aliphatic rings. The number of methoxy groups -OCH3 is 1. The maximum atomic E-state index is 11.9. The lowest BCUT2D eigenvalue weighted by molar-refractivity contribution is -0.125. The molecule has 1 heterocycles. The largest absolute Gasteiger partial charge is 0.465 e. The number of nitrogens with one attached hydrogen (secondary N) is 1. The second kappa shape index (κ2) is 11.8. The Morgan fingerprint density at radius 1 is 1.08 bits per heavy atom. The molecular weight excluding hydrogens is 326 g/mol. The molecule has 1 rings (SSSR count). The summed E-state index contributed by atoms with van der Waals surface area (Å²) in [6.45, 7) is 2.19. The van der Waals surface area contributed by atoms with Crippen molar-refractivity contribution in [3.05, 3.63) is 17.0 Å². The molecule has 5 nitrogen and oxygen atoms in total. The van der Waals surface area contributed by atoms with Gasteiger partial charge in [-0.1, -0.05) is 45.4 Å². The van der Waals surface area contributed by atoms with E-state index in [-0.39, 0.29) is 18.1 Å². The minimum Gasteiger partial charge on any atom is -0.465 e. The number of thiophene rings is 1. The first kappa shape index (κ1) is 20.4. The van der Waals surface area contributed by atoms with Crippen molar-refractivity contribution in [3.63, 3.8) is 0 Å². The fourth-order valence-electron chi connectivity index (χ4n) is 2.39. The molecule has 0 aliphatic carbocycles. The number of hydrogen-bond donors (Lipinski definition) is 1. The molecule has 24 heavy (non-hydrogen) atoms. The van der Waals surface area contributed by atoms with Crippen LogP contribution in [0.25, 0.3) is 0 Å². The Kier molecular flexibility index (Phi) is 10.00. The van der Waals surface area contributed by atoms with E-state index in [0.717, 1.165) is 19.3 Å². The Hall–Kier alpha value is -1.69. The van der Waals surface area contributed by atoms with E-state index in [2.05, 4.69) is 17.0 Å². The number of ether oxygens (including phenoxy) is 1. The Bertz CT molecular complexity index is 539. The topological polar surface area (TPSA) is 72.5 Å². The van der Waals surface area contributed by atoms with Crippen molar-refractivity contribution in [1.29, 1.82) is 0 Å². The van der Waals surface area contributed by atoms with Gasteiger partial charge in [-0.25, -0.2) is 4.79 Å². The lowest BCUT2D eigenvalue weighted by atomic mass is 10.1. The molecule has 1 amide bonds. The highest BCUT2D eigenvalue weighted by Crippen LogP contribution is 2.24. The van der Waals surface area contributed by atoms with Crippen LogP contribution in [-0.4, -0.2) is 24.8 Å². The van der Waals surface area contributed by atoms with Crippen LogP contribution in [0.15, 0.2) is 11.4 Å². The van der Waals surface area contributed by atoms with Gasteiger partial charge < -0.3 is 10.1 Å². The van der Waals surface area contributed by atoms with Crippen molar-refractivity contribution in [2.75, 3.05) is 12.4 Å². The molecule has 1 aromatic heterocycles. The zero-order valence-electron chi connectivity index (χ0n) is 14.6. The van der Waals surface area contributed by atoms with Crippen LogP contribution in [0, 0.1) is 0 Å². The van der Waals surface area contributed by atoms with Crippen LogP contribution in [0.2, 0.25) is 0 Å². The molecule has 6 heteroatoms. The van der Waals surface area contributed by atoms with E-state index in [9.17, 15) is 14.4 Å². The Morgan fingerprint density at radius 3 is 2.42 bits per heavy atom. The first-order valence-corrected chi connectivity index (χ1v) is 9.43. The number of carbonyl (C=O) groups is 3. The van der Waals surface area contributed by atoms with Crippen LogP contribution in [0.1, 0.15) is 75.1 Å². The SMILES string of the molecule is CCCCCCCCCC(=O)CC(=O)Nc1sccc1C(=O)OC. The van der Waals surface area contributed by atoms with Gasteiger partial charge in [-0.2, -0.15) is 0 Å². The molecule has 0 atom stereocenters. The average Bonchev–Trinajstić information content (AvgIpc) is 3.01. The van der Waals surface area contributed by atoms with Crippen molar-refractivity contribution in [2.24, 2.45) is 0 Å². The molecule has 1 N–H and O–H groups in total. The molecule has 0 bridgehead atoms. The minimum absolute atomic E-state index is 0.0581. The number of hydrogen-bond acceptors (Lipinski definition) is 5. The van der Waals surface area contributed by atoms with Gasteiger partial charge >= 0.3 is 5.97 Å². The molecule has 0 aliphatic heterocycles. The maximum absolute atomic E-state index is 11.9. The number of Topliss-reactive ketones (excluding diaryl/α,β-unsaturated/α-hetero) is 1. The lowest BCUT2D eigenvalue weighted by Gasteiger charge is -2.05. The predicted molar refractivity (Wildman–Crippen MR) is 96.5 cm³/mol. The van der Waals surface area contributed by atoms with E-state index in [0.29, 0.717) is 17.0 Å². The molecule has 0 unspecified atom stereocenters. The molecule has 0 spiro atoms. The highest BCUT2D eigenvalue weighted by molar-refractivity contribution is 7.14. The Balaban J connectivity index is 2.24. The van der Waals surface area contributed by atoms with E-state index in [1.165, 1.54) is 44.1 Å². The first-order valence-electron chi connectivity index (χ1n) is 8.55. The molecule has 0 saturated heterocycles. The van der Waals surface area contributed by atoms with E-state index in [1.54, 1.807) is 11.4 Å². The zero-order valence-corrected chi connectivity index (χ0v) is 15.4. The summed E-state index contributed by atoms with van der Waals surface area (Å²) < 4.78 is 4.65. The van der Waals surface area contributed by atoms with Gasteiger partial charge in [0.2, 0.25) is 5.91 Å². The van der Waals surface area contributed by atoms with Crippen molar-refractivity contribution >= 4 is 34.0 Å². The van der Waals surface area contributed by atoms with Crippen LogP contribution >= 0.6 is 11.3 Å². The number of anilines is 1. The Morgan fingerprint density at radius 2 is 1.75 bits per heavy atom. The molecule has 0 aromatic carbocycles. The van der Waals surface area contributed by atoms with Gasteiger partial charge in [0.1, 0.15) is 10.8 Å². The number of ketones is 1. The highest BCUT2D eigenvalue weighted by atomic mass is 32.1. The van der Waals surface area contributed by atoms with Crippen molar-refractivity contribution < 1.29 is 19.1 Å². The second-order valence-electron chi connectivity index (χ2n) is 5.79. The fraction of sp³-hybridized carbons (Fsp3) is 0.611. The standard InChI is InChI=1S/C18H27NO4S/c1-3-4-5-6-7-8-9-10-14(20)13-16(21)19-17-15(11-12-24-17)18(22)23-2/h11-12H,3-10,13H2,1-2H3,(H,19,21). The summed E-state index contributed by atoms with van der Waals surface area (Å²) in [6, 6.07) is 1.59. The van der Waals surface area contributed by atoms with Crippen LogP contribution in [0.3, 0.4) is 0 Å². The third-order valence-electron chi connectivity index (χ3n) is 3.74. The summed E-state index contributed by atoms with van der Waals surface area (Å²) >= 11 is 1.24. The summed E-state index contributed by atoms with van der Waals surface area (Å²) in [5.74, 6) is -0.936. The number of rotatable bonds is 12. The number of carbonyl (C=O) groups excluding carboxylic acids is 3. The molecule has 134 valence electrons. The van der Waals surface area contributed by atoms with E-state index >= 15 is 0 Å². The predicted octanol–water partition coefficient (Wildman–Crippen LogP) is 4.57. The van der Waals surface area contributed by atoms with Crippen molar-refractivity contribution in [1.82, 2.24) is 0 Å². The van der Waals surface area contributed by atoms with E-state index < -0.39 is 5.97 Å². The van der Waals surface area contributed by atoms with Gasteiger partial charge in [-0.15, -0.1) is 11.3 Å². The monoisotopic (exact) mass is 353 g/mol. The quantitative estimate of drug-likeness (QED) is 0.339. The summed E-state index contributed by atoms with van der Waals surface area (Å²) in [5.41, 5.74) is 0.315. The third-order valence-corrected chi connectivity index (χ3v) is 4.57. The van der Waals surface area contributed by atoms with Crippen LogP contribution in [-0.2, 0) is 14.3 Å². The average molecular weight is 353 g/mol. The molecule has 1 aromatic rings. The van der Waals surface area contributed by atoms with Crippen LogP contribution in [0.5, 0.6) is 0 Å². The normalized spacial score (nSPS) is 10.4. The van der Waals surface area contributed by atoms with Gasteiger partial charge in [0.05, 0.1) is 19.1 Å². The van der Waals surface area contributed by atoms with Gasteiger partial charge in [-0.05, 0) is 17.9 Å². The molecule has 0 radical (unpaired) electrons. The summed E-state index contributed by atoms with van der Waals surface area (Å²) in [5, 5.41) is 4.74. The fourth-order valence-corrected chi connectivity index (χ4v) is 3.19.